The average molecular weight is 466 g/mol. The number of amides is 1. The van der Waals surface area contributed by atoms with Gasteiger partial charge in [0.25, 0.3) is 15.9 Å². The molecule has 1 unspecified atom stereocenters. The van der Waals surface area contributed by atoms with Crippen molar-refractivity contribution in [2.45, 2.75) is 30.7 Å². The molecule has 2 N–H and O–H groups in total. The Kier molecular flexibility index (Phi) is 6.74. The van der Waals surface area contributed by atoms with Crippen molar-refractivity contribution >= 4 is 37.5 Å². The van der Waals surface area contributed by atoms with E-state index in [1.807, 2.05) is 0 Å². The summed E-state index contributed by atoms with van der Waals surface area (Å²) in [6.45, 7) is 4.72. The van der Waals surface area contributed by atoms with Gasteiger partial charge in [-0.2, -0.15) is 0 Å². The van der Waals surface area contributed by atoms with Crippen molar-refractivity contribution in [2.75, 3.05) is 24.4 Å². The van der Waals surface area contributed by atoms with Gasteiger partial charge < -0.3 is 5.32 Å². The topological polar surface area (TPSA) is 78.5 Å². The molecule has 0 spiro atoms. The second-order valence-corrected chi connectivity index (χ2v) is 9.37. The summed E-state index contributed by atoms with van der Waals surface area (Å²) >= 11 is 3.32. The van der Waals surface area contributed by atoms with E-state index >= 15 is 0 Å². The maximum Gasteiger partial charge on any atom is 0.261 e. The molecular weight excluding hydrogens is 442 g/mol. The van der Waals surface area contributed by atoms with E-state index in [0.29, 0.717) is 23.8 Å². The third kappa shape index (κ3) is 5.12. The lowest BCUT2D eigenvalue weighted by Gasteiger charge is -2.22. The van der Waals surface area contributed by atoms with E-state index in [-0.39, 0.29) is 10.8 Å². The highest BCUT2D eigenvalue weighted by Gasteiger charge is 2.23. The minimum atomic E-state index is -3.78. The highest BCUT2D eigenvalue weighted by atomic mass is 79.9. The predicted molar refractivity (Wildman–Crippen MR) is 114 cm³/mol. The summed E-state index contributed by atoms with van der Waals surface area (Å²) < 4.78 is 28.7. The van der Waals surface area contributed by atoms with Crippen LogP contribution in [0.5, 0.6) is 0 Å². The quantitative estimate of drug-likeness (QED) is 0.655. The molecule has 0 aliphatic carbocycles. The maximum atomic E-state index is 12.6. The molecular formula is C20H24BrN3O3S. The number of likely N-dealkylation sites (tertiary alicyclic amines) is 1. The van der Waals surface area contributed by atoms with Crippen molar-refractivity contribution in [1.82, 2.24) is 10.2 Å². The monoisotopic (exact) mass is 465 g/mol. The van der Waals surface area contributed by atoms with Crippen molar-refractivity contribution in [3.63, 3.8) is 0 Å². The van der Waals surface area contributed by atoms with Gasteiger partial charge in [-0.25, -0.2) is 8.42 Å². The number of hydrogen-bond acceptors (Lipinski definition) is 4. The SMILES string of the molecule is CCN1CCCC1CNC(=O)c1cccc(S(=O)(=O)Nc2ccc(Br)cc2)c1. The van der Waals surface area contributed by atoms with E-state index in [2.05, 4.69) is 37.8 Å². The summed E-state index contributed by atoms with van der Waals surface area (Å²) in [6.07, 6.45) is 2.21. The Hall–Kier alpha value is -1.90. The molecule has 150 valence electrons. The van der Waals surface area contributed by atoms with Crippen LogP contribution in [0, 0.1) is 0 Å². The molecule has 1 atom stereocenters. The summed E-state index contributed by atoms with van der Waals surface area (Å²) in [5.41, 5.74) is 0.790. The first kappa shape index (κ1) is 20.8. The molecule has 1 aliphatic rings. The Labute approximate surface area is 174 Å². The number of rotatable bonds is 7. The molecule has 2 aromatic carbocycles. The summed E-state index contributed by atoms with van der Waals surface area (Å²) in [6, 6.07) is 13.3. The first-order chi connectivity index (χ1) is 13.4. The highest BCUT2D eigenvalue weighted by molar-refractivity contribution is 9.10. The van der Waals surface area contributed by atoms with E-state index in [9.17, 15) is 13.2 Å². The molecule has 1 fully saturated rings. The number of nitrogens with zero attached hydrogens (tertiary/aromatic N) is 1. The van der Waals surface area contributed by atoms with Crippen molar-refractivity contribution in [1.29, 1.82) is 0 Å². The van der Waals surface area contributed by atoms with E-state index < -0.39 is 10.0 Å². The number of halogens is 1. The minimum Gasteiger partial charge on any atom is -0.350 e. The Morgan fingerprint density at radius 1 is 1.21 bits per heavy atom. The first-order valence-electron chi connectivity index (χ1n) is 9.30. The van der Waals surface area contributed by atoms with E-state index in [0.717, 1.165) is 30.4 Å². The summed E-state index contributed by atoms with van der Waals surface area (Å²) in [7, 11) is -3.78. The highest BCUT2D eigenvalue weighted by Crippen LogP contribution is 2.20. The molecule has 0 bridgehead atoms. The second kappa shape index (κ2) is 9.07. The smallest absolute Gasteiger partial charge is 0.261 e. The first-order valence-corrected chi connectivity index (χ1v) is 11.6. The number of benzene rings is 2. The van der Waals surface area contributed by atoms with Gasteiger partial charge in [0.2, 0.25) is 0 Å². The number of likely N-dealkylation sites (N-methyl/N-ethyl adjacent to an activating group) is 1. The van der Waals surface area contributed by atoms with Crippen LogP contribution in [0.2, 0.25) is 0 Å². The normalized spacial score (nSPS) is 17.4. The molecule has 1 amide bonds. The van der Waals surface area contributed by atoms with Crippen molar-refractivity contribution in [2.24, 2.45) is 0 Å². The van der Waals surface area contributed by atoms with Gasteiger partial charge in [-0.1, -0.05) is 28.9 Å². The second-order valence-electron chi connectivity index (χ2n) is 6.77. The van der Waals surface area contributed by atoms with Gasteiger partial charge in [0.15, 0.2) is 0 Å². The summed E-state index contributed by atoms with van der Waals surface area (Å²) in [4.78, 5) is 14.9. The van der Waals surface area contributed by atoms with Gasteiger partial charge in [0.05, 0.1) is 4.90 Å². The molecule has 3 rings (SSSR count). The molecule has 0 radical (unpaired) electrons. The lowest BCUT2D eigenvalue weighted by Crippen LogP contribution is -2.40. The number of carbonyl (C=O) groups excluding carboxylic acids is 1. The van der Waals surface area contributed by atoms with Crippen LogP contribution in [-0.2, 0) is 10.0 Å². The zero-order chi connectivity index (χ0) is 20.1. The lowest BCUT2D eigenvalue weighted by atomic mass is 10.2. The van der Waals surface area contributed by atoms with Gasteiger partial charge in [-0.15, -0.1) is 0 Å². The van der Waals surface area contributed by atoms with Crippen LogP contribution >= 0.6 is 15.9 Å². The molecule has 1 aliphatic heterocycles. The number of hydrogen-bond donors (Lipinski definition) is 2. The zero-order valence-electron chi connectivity index (χ0n) is 15.7. The van der Waals surface area contributed by atoms with E-state index in [1.165, 1.54) is 12.1 Å². The fourth-order valence-corrected chi connectivity index (χ4v) is 4.76. The van der Waals surface area contributed by atoms with E-state index in [4.69, 9.17) is 0 Å². The van der Waals surface area contributed by atoms with Gasteiger partial charge in [0, 0.05) is 28.3 Å². The lowest BCUT2D eigenvalue weighted by molar-refractivity contribution is 0.0941. The molecule has 6 nitrogen and oxygen atoms in total. The van der Waals surface area contributed by atoms with Crippen LogP contribution in [0.1, 0.15) is 30.1 Å². The maximum absolute atomic E-state index is 12.6. The molecule has 0 aromatic heterocycles. The largest absolute Gasteiger partial charge is 0.350 e. The van der Waals surface area contributed by atoms with Crippen LogP contribution in [0.4, 0.5) is 5.69 Å². The van der Waals surface area contributed by atoms with Gasteiger partial charge >= 0.3 is 0 Å². The minimum absolute atomic E-state index is 0.0547. The number of anilines is 1. The number of sulfonamides is 1. The van der Waals surface area contributed by atoms with Crippen molar-refractivity contribution in [3.05, 3.63) is 58.6 Å². The molecule has 8 heteroatoms. The van der Waals surface area contributed by atoms with Gasteiger partial charge in [-0.05, 0) is 68.4 Å². The fourth-order valence-electron chi connectivity index (χ4n) is 3.39. The van der Waals surface area contributed by atoms with Crippen LogP contribution in [0.15, 0.2) is 57.9 Å². The van der Waals surface area contributed by atoms with E-state index in [1.54, 1.807) is 36.4 Å². The standard InChI is InChI=1S/C20H24BrN3O3S/c1-2-24-12-4-6-18(24)14-22-20(25)15-5-3-7-19(13-15)28(26,27)23-17-10-8-16(21)9-11-17/h3,5,7-11,13,18,23H,2,4,6,12,14H2,1H3,(H,22,25). The van der Waals surface area contributed by atoms with Crippen molar-refractivity contribution < 1.29 is 13.2 Å². The third-order valence-corrected chi connectivity index (χ3v) is 6.81. The Morgan fingerprint density at radius 2 is 1.96 bits per heavy atom. The van der Waals surface area contributed by atoms with Gasteiger partial charge in [0.1, 0.15) is 0 Å². The van der Waals surface area contributed by atoms with Crippen LogP contribution in [0.3, 0.4) is 0 Å². The molecule has 1 saturated heterocycles. The fraction of sp³-hybridized carbons (Fsp3) is 0.350. The summed E-state index contributed by atoms with van der Waals surface area (Å²) in [5.74, 6) is -0.261. The molecule has 2 aromatic rings. The molecule has 1 heterocycles. The average Bonchev–Trinajstić information content (AvgIpc) is 3.15. The van der Waals surface area contributed by atoms with Crippen LogP contribution in [0.25, 0.3) is 0 Å². The van der Waals surface area contributed by atoms with Gasteiger partial charge in [-0.3, -0.25) is 14.4 Å². The third-order valence-electron chi connectivity index (χ3n) is 4.91. The molecule has 0 saturated carbocycles. The molecule has 28 heavy (non-hydrogen) atoms. The van der Waals surface area contributed by atoms with Crippen LogP contribution in [-0.4, -0.2) is 44.9 Å². The number of carbonyl (C=O) groups is 1. The number of nitrogens with one attached hydrogen (secondary N) is 2. The van der Waals surface area contributed by atoms with Crippen molar-refractivity contribution in [3.8, 4) is 0 Å². The summed E-state index contributed by atoms with van der Waals surface area (Å²) in [5, 5.41) is 2.94. The zero-order valence-corrected chi connectivity index (χ0v) is 18.1. The predicted octanol–water partition coefficient (Wildman–Crippen LogP) is 3.46. The Morgan fingerprint density at radius 3 is 2.68 bits per heavy atom. The Bertz CT molecular complexity index is 932. The Balaban J connectivity index is 1.68. The van der Waals surface area contributed by atoms with Crippen LogP contribution < -0.4 is 10.0 Å².